The van der Waals surface area contributed by atoms with E-state index in [1.807, 2.05) is 4.90 Å². The topological polar surface area (TPSA) is 32.3 Å². The molecule has 128 valence electrons. The normalized spacial score (nSPS) is 18.6. The number of carbonyl (C=O) groups is 1. The summed E-state index contributed by atoms with van der Waals surface area (Å²) in [5.74, 6) is 1.22. The van der Waals surface area contributed by atoms with Crippen molar-refractivity contribution in [3.8, 4) is 0 Å². The van der Waals surface area contributed by atoms with E-state index in [4.69, 9.17) is 0 Å². The summed E-state index contributed by atoms with van der Waals surface area (Å²) >= 11 is 0. The molecule has 1 saturated heterocycles. The number of nitrogens with zero attached hydrogens (tertiary/aromatic N) is 1. The van der Waals surface area contributed by atoms with Gasteiger partial charge in [-0.05, 0) is 55.7 Å². The molecule has 2 aliphatic rings. The molecule has 1 aromatic carbocycles. The maximum absolute atomic E-state index is 12.4. The molecule has 3 rings (SSSR count). The van der Waals surface area contributed by atoms with Crippen molar-refractivity contribution in [3.63, 3.8) is 0 Å². The highest BCUT2D eigenvalue weighted by atomic mass is 35.5. The fraction of sp³-hybridized carbons (Fsp3) is 0.632. The van der Waals surface area contributed by atoms with Gasteiger partial charge in [-0.25, -0.2) is 0 Å². The Balaban J connectivity index is 0.00000192. The Morgan fingerprint density at radius 2 is 1.70 bits per heavy atom. The average molecular weight is 337 g/mol. The molecule has 0 spiro atoms. The molecule has 0 atom stereocenters. The molecular weight excluding hydrogens is 308 g/mol. The van der Waals surface area contributed by atoms with Gasteiger partial charge in [0.1, 0.15) is 0 Å². The van der Waals surface area contributed by atoms with Gasteiger partial charge in [0.2, 0.25) is 5.91 Å². The summed E-state index contributed by atoms with van der Waals surface area (Å²) in [5.41, 5.74) is 2.47. The third-order valence-corrected chi connectivity index (χ3v) is 5.03. The van der Waals surface area contributed by atoms with Crippen molar-refractivity contribution in [1.29, 1.82) is 0 Å². The largest absolute Gasteiger partial charge is 0.342 e. The number of benzene rings is 1. The number of likely N-dealkylation sites (tertiary alicyclic amines) is 1. The number of hydrogen-bond acceptors (Lipinski definition) is 2. The molecule has 0 aromatic heterocycles. The first kappa shape index (κ1) is 18.3. The van der Waals surface area contributed by atoms with E-state index in [2.05, 4.69) is 36.5 Å². The van der Waals surface area contributed by atoms with Crippen LogP contribution in [0.5, 0.6) is 0 Å². The van der Waals surface area contributed by atoms with Crippen molar-refractivity contribution in [2.75, 3.05) is 19.6 Å². The van der Waals surface area contributed by atoms with E-state index in [1.165, 1.54) is 24.9 Å². The van der Waals surface area contributed by atoms with Crippen LogP contribution in [-0.2, 0) is 17.6 Å². The summed E-state index contributed by atoms with van der Waals surface area (Å²) in [6, 6.07) is 9.09. The third-order valence-electron chi connectivity index (χ3n) is 5.03. The van der Waals surface area contributed by atoms with Gasteiger partial charge in [0.25, 0.3) is 0 Å². The zero-order valence-electron chi connectivity index (χ0n) is 14.1. The summed E-state index contributed by atoms with van der Waals surface area (Å²) in [5, 5.41) is 3.67. The maximum Gasteiger partial charge on any atom is 0.226 e. The van der Waals surface area contributed by atoms with Gasteiger partial charge in [0, 0.05) is 19.1 Å². The minimum atomic E-state index is 0. The lowest BCUT2D eigenvalue weighted by atomic mass is 10.0. The van der Waals surface area contributed by atoms with Crippen LogP contribution in [0, 0.1) is 5.92 Å². The first-order valence-corrected chi connectivity index (χ1v) is 8.83. The van der Waals surface area contributed by atoms with Gasteiger partial charge in [-0.2, -0.15) is 0 Å². The predicted octanol–water partition coefficient (Wildman–Crippen LogP) is 3.20. The van der Waals surface area contributed by atoms with Crippen LogP contribution < -0.4 is 5.32 Å². The molecule has 1 amide bonds. The van der Waals surface area contributed by atoms with Crippen LogP contribution in [-0.4, -0.2) is 36.5 Å². The molecule has 4 heteroatoms. The SMILES string of the molecule is CCc1ccc(CC(=O)N2CCC(NCC3CC3)CC2)cc1.Cl. The number of nitrogens with one attached hydrogen (secondary N) is 1. The fourth-order valence-electron chi connectivity index (χ4n) is 3.17. The van der Waals surface area contributed by atoms with Gasteiger partial charge >= 0.3 is 0 Å². The number of piperidine rings is 1. The smallest absolute Gasteiger partial charge is 0.226 e. The first-order chi connectivity index (χ1) is 10.7. The van der Waals surface area contributed by atoms with Gasteiger partial charge in [-0.15, -0.1) is 12.4 Å². The molecule has 0 radical (unpaired) electrons. The molecule has 3 nitrogen and oxygen atoms in total. The molecular formula is C19H29ClN2O. The highest BCUT2D eigenvalue weighted by Crippen LogP contribution is 2.28. The zero-order chi connectivity index (χ0) is 15.4. The van der Waals surface area contributed by atoms with Crippen molar-refractivity contribution in [1.82, 2.24) is 10.2 Å². The van der Waals surface area contributed by atoms with Crippen molar-refractivity contribution in [3.05, 3.63) is 35.4 Å². The molecule has 1 aliphatic heterocycles. The molecule has 1 heterocycles. The molecule has 1 N–H and O–H groups in total. The molecule has 1 aromatic rings. The van der Waals surface area contributed by atoms with Crippen molar-refractivity contribution < 1.29 is 4.79 Å². The van der Waals surface area contributed by atoms with Gasteiger partial charge in [0.15, 0.2) is 0 Å². The third kappa shape index (κ3) is 5.50. The second-order valence-electron chi connectivity index (χ2n) is 6.85. The van der Waals surface area contributed by atoms with E-state index < -0.39 is 0 Å². The molecule has 0 bridgehead atoms. The van der Waals surface area contributed by atoms with Gasteiger partial charge in [0.05, 0.1) is 6.42 Å². The zero-order valence-corrected chi connectivity index (χ0v) is 14.9. The van der Waals surface area contributed by atoms with E-state index in [1.54, 1.807) is 0 Å². The first-order valence-electron chi connectivity index (χ1n) is 8.83. The molecule has 0 unspecified atom stereocenters. The lowest BCUT2D eigenvalue weighted by Gasteiger charge is -2.32. The number of halogens is 1. The lowest BCUT2D eigenvalue weighted by molar-refractivity contribution is -0.131. The maximum atomic E-state index is 12.4. The predicted molar refractivity (Wildman–Crippen MR) is 97.1 cm³/mol. The number of aryl methyl sites for hydroxylation is 1. The molecule has 2 fully saturated rings. The Morgan fingerprint density at radius 1 is 1.09 bits per heavy atom. The van der Waals surface area contributed by atoms with Crippen molar-refractivity contribution >= 4 is 18.3 Å². The van der Waals surface area contributed by atoms with E-state index in [9.17, 15) is 4.79 Å². The van der Waals surface area contributed by atoms with Crippen molar-refractivity contribution in [2.45, 2.75) is 51.5 Å². The fourth-order valence-corrected chi connectivity index (χ4v) is 3.17. The van der Waals surface area contributed by atoms with Crippen LogP contribution >= 0.6 is 12.4 Å². The minimum Gasteiger partial charge on any atom is -0.342 e. The van der Waals surface area contributed by atoms with Crippen LogP contribution in [0.3, 0.4) is 0 Å². The Bertz CT molecular complexity index is 491. The monoisotopic (exact) mass is 336 g/mol. The molecule has 1 saturated carbocycles. The standard InChI is InChI=1S/C19H28N2O.ClH/c1-2-15-3-5-16(6-4-15)13-19(22)21-11-9-18(10-12-21)20-14-17-7-8-17;/h3-6,17-18,20H,2,7-14H2,1H3;1H. The molecule has 1 aliphatic carbocycles. The van der Waals surface area contributed by atoms with Gasteiger partial charge in [-0.3, -0.25) is 4.79 Å². The summed E-state index contributed by atoms with van der Waals surface area (Å²) in [4.78, 5) is 14.5. The Morgan fingerprint density at radius 3 is 2.26 bits per heavy atom. The van der Waals surface area contributed by atoms with Crippen LogP contribution in [0.4, 0.5) is 0 Å². The number of carbonyl (C=O) groups excluding carboxylic acids is 1. The van der Waals surface area contributed by atoms with E-state index in [0.717, 1.165) is 43.8 Å². The summed E-state index contributed by atoms with van der Waals surface area (Å²) in [6.45, 7) is 5.16. The second kappa shape index (κ2) is 8.70. The highest BCUT2D eigenvalue weighted by molar-refractivity contribution is 5.85. The van der Waals surface area contributed by atoms with Crippen LogP contribution in [0.25, 0.3) is 0 Å². The lowest BCUT2D eigenvalue weighted by Crippen LogP contribution is -2.45. The van der Waals surface area contributed by atoms with E-state index in [0.29, 0.717) is 12.5 Å². The van der Waals surface area contributed by atoms with Gasteiger partial charge in [-0.1, -0.05) is 31.2 Å². The Labute approximate surface area is 146 Å². The van der Waals surface area contributed by atoms with E-state index >= 15 is 0 Å². The number of amides is 1. The quantitative estimate of drug-likeness (QED) is 0.865. The van der Waals surface area contributed by atoms with Gasteiger partial charge < -0.3 is 10.2 Å². The number of hydrogen-bond donors (Lipinski definition) is 1. The Hall–Kier alpha value is -1.06. The summed E-state index contributed by atoms with van der Waals surface area (Å²) in [7, 11) is 0. The molecule has 23 heavy (non-hydrogen) atoms. The second-order valence-corrected chi connectivity index (χ2v) is 6.85. The summed E-state index contributed by atoms with van der Waals surface area (Å²) in [6.07, 6.45) is 6.61. The Kier molecular flexibility index (Phi) is 6.91. The van der Waals surface area contributed by atoms with E-state index in [-0.39, 0.29) is 18.3 Å². The van der Waals surface area contributed by atoms with Crippen LogP contribution in [0.2, 0.25) is 0 Å². The van der Waals surface area contributed by atoms with Crippen LogP contribution in [0.1, 0.15) is 43.7 Å². The summed E-state index contributed by atoms with van der Waals surface area (Å²) < 4.78 is 0. The van der Waals surface area contributed by atoms with Crippen LogP contribution in [0.15, 0.2) is 24.3 Å². The average Bonchev–Trinajstić information content (AvgIpc) is 3.38. The number of rotatable bonds is 6. The van der Waals surface area contributed by atoms with Crippen molar-refractivity contribution in [2.24, 2.45) is 5.92 Å². The minimum absolute atomic E-state index is 0. The highest BCUT2D eigenvalue weighted by Gasteiger charge is 2.25.